The van der Waals surface area contributed by atoms with E-state index in [2.05, 4.69) is 39.8 Å². The quantitative estimate of drug-likeness (QED) is 0.470. The summed E-state index contributed by atoms with van der Waals surface area (Å²) < 4.78 is 0. The average Bonchev–Trinajstić information content (AvgIpc) is 2.30. The highest BCUT2D eigenvalue weighted by Gasteiger charge is 2.13. The molecule has 0 spiro atoms. The molecule has 0 aromatic rings. The molecule has 6 heteroatoms. The molecule has 0 aromatic carbocycles. The van der Waals surface area contributed by atoms with E-state index in [-0.39, 0.29) is 18.0 Å². The molecule has 0 radical (unpaired) electrons. The van der Waals surface area contributed by atoms with Crippen LogP contribution in [0.25, 0.3) is 0 Å². The third kappa shape index (κ3) is 10.3. The maximum absolute atomic E-state index is 11.6. The van der Waals surface area contributed by atoms with Crippen LogP contribution in [-0.2, 0) is 4.79 Å². The summed E-state index contributed by atoms with van der Waals surface area (Å²) in [5.41, 5.74) is -0.209. The first-order chi connectivity index (χ1) is 8.78. The lowest BCUT2D eigenvalue weighted by atomic mass is 10.1. The van der Waals surface area contributed by atoms with E-state index >= 15 is 0 Å². The van der Waals surface area contributed by atoms with Crippen LogP contribution in [0.3, 0.4) is 0 Å². The van der Waals surface area contributed by atoms with Crippen LogP contribution in [0.2, 0.25) is 0 Å². The number of nitrogens with zero attached hydrogens (tertiary/aromatic N) is 2. The van der Waals surface area contributed by atoms with Crippen LogP contribution in [-0.4, -0.2) is 62.6 Å². The van der Waals surface area contributed by atoms with Gasteiger partial charge in [-0.3, -0.25) is 9.79 Å². The first-order valence-electron chi connectivity index (χ1n) is 6.72. The molecule has 0 bridgehead atoms. The van der Waals surface area contributed by atoms with Crippen molar-refractivity contribution in [2.24, 2.45) is 4.99 Å². The zero-order chi connectivity index (χ0) is 14.9. The van der Waals surface area contributed by atoms with Gasteiger partial charge in [-0.25, -0.2) is 0 Å². The normalized spacial score (nSPS) is 12.5. The minimum atomic E-state index is -0.209. The van der Waals surface area contributed by atoms with Gasteiger partial charge in [0.25, 0.3) is 0 Å². The first-order valence-corrected chi connectivity index (χ1v) is 6.72. The fourth-order valence-corrected chi connectivity index (χ4v) is 1.37. The summed E-state index contributed by atoms with van der Waals surface area (Å²) in [5.74, 6) is 0.606. The van der Waals surface area contributed by atoms with E-state index in [9.17, 15) is 4.79 Å². The van der Waals surface area contributed by atoms with Crippen LogP contribution in [0.5, 0.6) is 0 Å². The molecule has 0 heterocycles. The summed E-state index contributed by atoms with van der Waals surface area (Å²) in [7, 11) is 3.76. The Morgan fingerprint density at radius 2 is 1.89 bits per heavy atom. The van der Waals surface area contributed by atoms with Gasteiger partial charge in [0, 0.05) is 25.7 Å². The minimum Gasteiger partial charge on any atom is -0.355 e. The van der Waals surface area contributed by atoms with Crippen LogP contribution in [0.4, 0.5) is 0 Å². The van der Waals surface area contributed by atoms with Crippen molar-refractivity contribution in [2.45, 2.75) is 33.2 Å². The monoisotopic (exact) mass is 271 g/mol. The highest BCUT2D eigenvalue weighted by atomic mass is 16.2. The maximum atomic E-state index is 11.6. The number of guanidine groups is 1. The second kappa shape index (κ2) is 8.74. The van der Waals surface area contributed by atoms with E-state index < -0.39 is 0 Å². The molecule has 0 aliphatic carbocycles. The Bertz CT molecular complexity index is 296. The Morgan fingerprint density at radius 3 is 2.37 bits per heavy atom. The molecule has 3 N–H and O–H groups in total. The first kappa shape index (κ1) is 17.7. The SMILES string of the molecule is CCN(C)CCNC(=NC)NCC(=O)NC(C)(C)C. The van der Waals surface area contributed by atoms with Gasteiger partial charge in [0.2, 0.25) is 5.91 Å². The number of nitrogens with one attached hydrogen (secondary N) is 3. The highest BCUT2D eigenvalue weighted by molar-refractivity contribution is 5.86. The van der Waals surface area contributed by atoms with Gasteiger partial charge >= 0.3 is 0 Å². The van der Waals surface area contributed by atoms with Crippen LogP contribution in [0.15, 0.2) is 4.99 Å². The molecule has 0 saturated carbocycles. The molecule has 0 aromatic heterocycles. The van der Waals surface area contributed by atoms with Gasteiger partial charge in [0.1, 0.15) is 0 Å². The van der Waals surface area contributed by atoms with Crippen LogP contribution in [0, 0.1) is 0 Å². The smallest absolute Gasteiger partial charge is 0.239 e. The molecule has 0 rings (SSSR count). The Hall–Kier alpha value is -1.30. The predicted molar refractivity (Wildman–Crippen MR) is 80.4 cm³/mol. The number of likely N-dealkylation sites (N-methyl/N-ethyl adjacent to an activating group) is 1. The second-order valence-corrected chi connectivity index (χ2v) is 5.55. The van der Waals surface area contributed by atoms with Gasteiger partial charge in [-0.15, -0.1) is 0 Å². The van der Waals surface area contributed by atoms with Gasteiger partial charge in [-0.2, -0.15) is 0 Å². The number of aliphatic imine (C=N–C) groups is 1. The molecular weight excluding hydrogens is 242 g/mol. The van der Waals surface area contributed by atoms with Gasteiger partial charge in [-0.05, 0) is 34.4 Å². The lowest BCUT2D eigenvalue weighted by molar-refractivity contribution is -0.121. The van der Waals surface area contributed by atoms with Crippen molar-refractivity contribution in [2.75, 3.05) is 40.3 Å². The Labute approximate surface area is 117 Å². The van der Waals surface area contributed by atoms with E-state index in [1.165, 1.54) is 0 Å². The highest BCUT2D eigenvalue weighted by Crippen LogP contribution is 1.96. The van der Waals surface area contributed by atoms with E-state index in [0.717, 1.165) is 19.6 Å². The van der Waals surface area contributed by atoms with E-state index in [0.29, 0.717) is 5.96 Å². The second-order valence-electron chi connectivity index (χ2n) is 5.55. The number of rotatable bonds is 6. The summed E-state index contributed by atoms with van der Waals surface area (Å²) in [6.07, 6.45) is 0. The third-order valence-electron chi connectivity index (χ3n) is 2.48. The predicted octanol–water partition coefficient (Wildman–Crippen LogP) is 0.0178. The summed E-state index contributed by atoms with van der Waals surface area (Å²) in [5, 5.41) is 9.05. The Kier molecular flexibility index (Phi) is 8.14. The zero-order valence-electron chi connectivity index (χ0n) is 13.1. The molecule has 0 unspecified atom stereocenters. The molecule has 6 nitrogen and oxygen atoms in total. The zero-order valence-corrected chi connectivity index (χ0v) is 13.1. The number of carbonyl (C=O) groups excluding carboxylic acids is 1. The summed E-state index contributed by atoms with van der Waals surface area (Å²) in [6, 6.07) is 0. The van der Waals surface area contributed by atoms with E-state index in [1.54, 1.807) is 7.05 Å². The van der Waals surface area contributed by atoms with Crippen molar-refractivity contribution < 1.29 is 4.79 Å². The van der Waals surface area contributed by atoms with Crippen LogP contribution >= 0.6 is 0 Å². The van der Waals surface area contributed by atoms with Crippen molar-refractivity contribution in [3.05, 3.63) is 0 Å². The Balaban J connectivity index is 3.92. The fourth-order valence-electron chi connectivity index (χ4n) is 1.37. The minimum absolute atomic E-state index is 0.0406. The van der Waals surface area contributed by atoms with E-state index in [1.807, 2.05) is 20.8 Å². The van der Waals surface area contributed by atoms with Gasteiger partial charge in [0.05, 0.1) is 6.54 Å². The maximum Gasteiger partial charge on any atom is 0.239 e. The van der Waals surface area contributed by atoms with Gasteiger partial charge < -0.3 is 20.9 Å². The topological polar surface area (TPSA) is 68.8 Å². The van der Waals surface area contributed by atoms with Crippen molar-refractivity contribution in [3.8, 4) is 0 Å². The van der Waals surface area contributed by atoms with Crippen molar-refractivity contribution >= 4 is 11.9 Å². The molecule has 0 fully saturated rings. The molecule has 112 valence electrons. The lowest BCUT2D eigenvalue weighted by Crippen LogP contribution is -2.48. The molecule has 1 amide bonds. The third-order valence-corrected chi connectivity index (χ3v) is 2.48. The number of hydrogen-bond acceptors (Lipinski definition) is 3. The van der Waals surface area contributed by atoms with Crippen molar-refractivity contribution in [1.82, 2.24) is 20.9 Å². The summed E-state index contributed by atoms with van der Waals surface area (Å²) in [4.78, 5) is 17.9. The van der Waals surface area contributed by atoms with Crippen molar-refractivity contribution in [3.63, 3.8) is 0 Å². The number of hydrogen-bond donors (Lipinski definition) is 3. The van der Waals surface area contributed by atoms with Crippen LogP contribution < -0.4 is 16.0 Å². The lowest BCUT2D eigenvalue weighted by Gasteiger charge is -2.21. The van der Waals surface area contributed by atoms with Gasteiger partial charge in [0.15, 0.2) is 5.96 Å². The standard InChI is InChI=1S/C13H29N5O/c1-7-18(6)9-8-15-12(14-5)16-10-11(19)17-13(2,3)4/h7-10H2,1-6H3,(H,17,19)(H2,14,15,16). The molecule has 0 aliphatic heterocycles. The number of carbonyl (C=O) groups is 1. The average molecular weight is 271 g/mol. The largest absolute Gasteiger partial charge is 0.355 e. The van der Waals surface area contributed by atoms with Gasteiger partial charge in [-0.1, -0.05) is 6.92 Å². The summed E-state index contributed by atoms with van der Waals surface area (Å²) >= 11 is 0. The Morgan fingerprint density at radius 1 is 1.26 bits per heavy atom. The molecule has 19 heavy (non-hydrogen) atoms. The molecular formula is C13H29N5O. The molecule has 0 aliphatic rings. The number of amides is 1. The fraction of sp³-hybridized carbons (Fsp3) is 0.846. The summed E-state index contributed by atoms with van der Waals surface area (Å²) in [6.45, 7) is 11.0. The molecule has 0 saturated heterocycles. The van der Waals surface area contributed by atoms with Crippen molar-refractivity contribution in [1.29, 1.82) is 0 Å². The molecule has 0 atom stereocenters. The van der Waals surface area contributed by atoms with Crippen LogP contribution in [0.1, 0.15) is 27.7 Å². The van der Waals surface area contributed by atoms with E-state index in [4.69, 9.17) is 0 Å².